The Bertz CT molecular complexity index is 345. The van der Waals surface area contributed by atoms with Gasteiger partial charge in [0.05, 0.1) is 11.3 Å². The van der Waals surface area contributed by atoms with Crippen LogP contribution in [0.2, 0.25) is 0 Å². The number of rotatable bonds is 3. The fourth-order valence-electron chi connectivity index (χ4n) is 0.737. The minimum atomic E-state index is -0.494. The summed E-state index contributed by atoms with van der Waals surface area (Å²) in [6.07, 6.45) is 2.76. The van der Waals surface area contributed by atoms with Crippen molar-refractivity contribution < 1.29 is 4.92 Å². The third-order valence-electron chi connectivity index (χ3n) is 1.36. The molecule has 74 valence electrons. The molecule has 0 bridgehead atoms. The van der Waals surface area contributed by atoms with Gasteiger partial charge < -0.3 is 4.90 Å². The number of pyridine rings is 1. The van der Waals surface area contributed by atoms with Gasteiger partial charge in [0.1, 0.15) is 6.20 Å². The number of aliphatic imine (C=N–C) groups is 1. The van der Waals surface area contributed by atoms with Crippen molar-refractivity contribution in [3.8, 4) is 0 Å². The molecule has 0 saturated carbocycles. The number of aromatic nitrogens is 1. The van der Waals surface area contributed by atoms with Crippen LogP contribution in [-0.2, 0) is 0 Å². The predicted molar refractivity (Wildman–Crippen MR) is 52.7 cm³/mol. The van der Waals surface area contributed by atoms with Gasteiger partial charge in [0.2, 0.25) is 0 Å². The molecule has 0 fully saturated rings. The second-order valence-corrected chi connectivity index (χ2v) is 2.84. The van der Waals surface area contributed by atoms with Crippen molar-refractivity contribution in [3.05, 3.63) is 28.4 Å². The van der Waals surface area contributed by atoms with Crippen molar-refractivity contribution in [2.24, 2.45) is 4.99 Å². The maximum atomic E-state index is 10.3. The lowest BCUT2D eigenvalue weighted by Gasteiger charge is -2.01. The summed E-state index contributed by atoms with van der Waals surface area (Å²) in [7, 11) is 3.66. The van der Waals surface area contributed by atoms with E-state index in [1.807, 2.05) is 14.1 Å². The molecule has 6 heteroatoms. The second kappa shape index (κ2) is 4.31. The first kappa shape index (κ1) is 10.1. The van der Waals surface area contributed by atoms with Crippen LogP contribution in [0.5, 0.6) is 0 Å². The van der Waals surface area contributed by atoms with E-state index >= 15 is 0 Å². The van der Waals surface area contributed by atoms with Crippen LogP contribution < -0.4 is 0 Å². The molecular formula is C8H10N4O2. The van der Waals surface area contributed by atoms with Crippen LogP contribution in [0, 0.1) is 10.1 Å². The summed E-state index contributed by atoms with van der Waals surface area (Å²) in [5.41, 5.74) is -0.0335. The Morgan fingerprint density at radius 1 is 1.57 bits per heavy atom. The molecule has 0 spiro atoms. The molecule has 1 heterocycles. The maximum absolute atomic E-state index is 10.3. The van der Waals surface area contributed by atoms with E-state index in [2.05, 4.69) is 9.98 Å². The topological polar surface area (TPSA) is 71.6 Å². The highest BCUT2D eigenvalue weighted by Crippen LogP contribution is 2.13. The van der Waals surface area contributed by atoms with Gasteiger partial charge >= 0.3 is 0 Å². The summed E-state index contributed by atoms with van der Waals surface area (Å²) in [5, 5.41) is 10.3. The van der Waals surface area contributed by atoms with Crippen LogP contribution in [0.4, 0.5) is 11.5 Å². The van der Waals surface area contributed by atoms with Crippen molar-refractivity contribution in [2.45, 2.75) is 0 Å². The van der Waals surface area contributed by atoms with Gasteiger partial charge in [0.25, 0.3) is 5.69 Å². The van der Waals surface area contributed by atoms with E-state index in [-0.39, 0.29) is 5.69 Å². The standard InChI is InChI=1S/C8H10N4O2/c1-11(2)6-10-8-4-3-7(5-9-8)12(13)14/h3-6H,1-2H3. The molecule has 0 aliphatic rings. The lowest BCUT2D eigenvalue weighted by atomic mass is 10.4. The average molecular weight is 194 g/mol. The van der Waals surface area contributed by atoms with E-state index in [1.54, 1.807) is 11.2 Å². The Balaban J connectivity index is 2.78. The first-order valence-electron chi connectivity index (χ1n) is 3.90. The first-order chi connectivity index (χ1) is 6.59. The Hall–Kier alpha value is -1.98. The fourth-order valence-corrected chi connectivity index (χ4v) is 0.737. The zero-order chi connectivity index (χ0) is 10.6. The average Bonchev–Trinajstić information content (AvgIpc) is 2.15. The Morgan fingerprint density at radius 3 is 2.71 bits per heavy atom. The molecule has 1 aromatic rings. The largest absolute Gasteiger partial charge is 0.369 e. The monoisotopic (exact) mass is 194 g/mol. The van der Waals surface area contributed by atoms with Crippen molar-refractivity contribution in [1.29, 1.82) is 0 Å². The molecule has 6 nitrogen and oxygen atoms in total. The SMILES string of the molecule is CN(C)C=Nc1ccc([N+](=O)[O-])cn1. The molecule has 0 N–H and O–H groups in total. The first-order valence-corrected chi connectivity index (χ1v) is 3.90. The molecular weight excluding hydrogens is 184 g/mol. The van der Waals surface area contributed by atoms with Crippen LogP contribution in [-0.4, -0.2) is 35.2 Å². The quantitative estimate of drug-likeness (QED) is 0.314. The minimum absolute atomic E-state index is 0.0335. The molecule has 0 atom stereocenters. The highest BCUT2D eigenvalue weighted by Gasteiger charge is 2.03. The van der Waals surface area contributed by atoms with Crippen LogP contribution in [0.15, 0.2) is 23.3 Å². The molecule has 1 rings (SSSR count). The molecule has 0 radical (unpaired) electrons. The highest BCUT2D eigenvalue weighted by atomic mass is 16.6. The summed E-state index contributed by atoms with van der Waals surface area (Å²) in [4.78, 5) is 19.3. The molecule has 1 aromatic heterocycles. The van der Waals surface area contributed by atoms with E-state index in [0.717, 1.165) is 0 Å². The highest BCUT2D eigenvalue weighted by molar-refractivity contribution is 5.59. The molecule has 0 unspecified atom stereocenters. The maximum Gasteiger partial charge on any atom is 0.287 e. The second-order valence-electron chi connectivity index (χ2n) is 2.84. The van der Waals surface area contributed by atoms with Crippen LogP contribution in [0.1, 0.15) is 0 Å². The number of hydrogen-bond donors (Lipinski definition) is 0. The Morgan fingerprint density at radius 2 is 2.29 bits per heavy atom. The summed E-state index contributed by atoms with van der Waals surface area (Å²) >= 11 is 0. The third kappa shape index (κ3) is 2.81. The molecule has 0 aromatic carbocycles. The van der Waals surface area contributed by atoms with Gasteiger partial charge in [0, 0.05) is 20.2 Å². The van der Waals surface area contributed by atoms with Gasteiger partial charge in [0.15, 0.2) is 5.82 Å². The van der Waals surface area contributed by atoms with Crippen molar-refractivity contribution in [2.75, 3.05) is 14.1 Å². The van der Waals surface area contributed by atoms with Crippen LogP contribution in [0.25, 0.3) is 0 Å². The third-order valence-corrected chi connectivity index (χ3v) is 1.36. The molecule has 0 saturated heterocycles. The normalized spacial score (nSPS) is 10.4. The number of nitro groups is 1. The van der Waals surface area contributed by atoms with Gasteiger partial charge in [-0.3, -0.25) is 10.1 Å². The number of nitrogens with zero attached hydrogens (tertiary/aromatic N) is 4. The van der Waals surface area contributed by atoms with Gasteiger partial charge in [-0.05, 0) is 6.07 Å². The van der Waals surface area contributed by atoms with E-state index in [9.17, 15) is 10.1 Å². The molecule has 0 aliphatic carbocycles. The van der Waals surface area contributed by atoms with E-state index in [0.29, 0.717) is 5.82 Å². The molecule has 14 heavy (non-hydrogen) atoms. The van der Waals surface area contributed by atoms with Gasteiger partial charge in [-0.15, -0.1) is 0 Å². The van der Waals surface area contributed by atoms with Crippen molar-refractivity contribution in [3.63, 3.8) is 0 Å². The summed E-state index contributed by atoms with van der Waals surface area (Å²) in [6, 6.07) is 2.87. The van der Waals surface area contributed by atoms with Crippen molar-refractivity contribution in [1.82, 2.24) is 9.88 Å². The van der Waals surface area contributed by atoms with E-state index in [1.165, 1.54) is 18.3 Å². The van der Waals surface area contributed by atoms with Gasteiger partial charge in [-0.25, -0.2) is 9.98 Å². The zero-order valence-corrected chi connectivity index (χ0v) is 7.91. The Kier molecular flexibility index (Phi) is 3.11. The molecule has 0 amide bonds. The fraction of sp³-hybridized carbons (Fsp3) is 0.250. The van der Waals surface area contributed by atoms with Crippen LogP contribution >= 0.6 is 0 Å². The van der Waals surface area contributed by atoms with Crippen LogP contribution in [0.3, 0.4) is 0 Å². The smallest absolute Gasteiger partial charge is 0.287 e. The lowest BCUT2D eigenvalue weighted by molar-refractivity contribution is -0.385. The zero-order valence-electron chi connectivity index (χ0n) is 7.91. The van der Waals surface area contributed by atoms with E-state index in [4.69, 9.17) is 0 Å². The Labute approximate surface area is 81.1 Å². The minimum Gasteiger partial charge on any atom is -0.369 e. The van der Waals surface area contributed by atoms with Crippen molar-refractivity contribution >= 4 is 17.8 Å². The summed E-state index contributed by atoms with van der Waals surface area (Å²) in [5.74, 6) is 0.448. The van der Waals surface area contributed by atoms with Gasteiger partial charge in [-0.1, -0.05) is 0 Å². The summed E-state index contributed by atoms with van der Waals surface area (Å²) < 4.78 is 0. The van der Waals surface area contributed by atoms with Gasteiger partial charge in [-0.2, -0.15) is 0 Å². The lowest BCUT2D eigenvalue weighted by Crippen LogP contribution is -2.07. The summed E-state index contributed by atoms with van der Waals surface area (Å²) in [6.45, 7) is 0. The molecule has 0 aliphatic heterocycles. The number of hydrogen-bond acceptors (Lipinski definition) is 4. The predicted octanol–water partition coefficient (Wildman–Crippen LogP) is 1.21. The van der Waals surface area contributed by atoms with E-state index < -0.39 is 4.92 Å².